The van der Waals surface area contributed by atoms with Crippen molar-refractivity contribution in [1.82, 2.24) is 4.98 Å². The van der Waals surface area contributed by atoms with Crippen molar-refractivity contribution in [2.75, 3.05) is 6.61 Å². The van der Waals surface area contributed by atoms with E-state index >= 15 is 0 Å². The molecule has 5 heteroatoms. The van der Waals surface area contributed by atoms with Gasteiger partial charge in [-0.25, -0.2) is 0 Å². The lowest BCUT2D eigenvalue weighted by Gasteiger charge is -2.03. The second-order valence-electron chi connectivity index (χ2n) is 2.33. The third-order valence-corrected chi connectivity index (χ3v) is 1.70. The van der Waals surface area contributed by atoms with Crippen LogP contribution in [0.2, 0.25) is 0 Å². The largest absolute Gasteiger partial charge is 0.491 e. The normalized spacial score (nSPS) is 9.62. The first-order valence-electron chi connectivity index (χ1n) is 3.63. The van der Waals surface area contributed by atoms with E-state index in [2.05, 4.69) is 20.9 Å². The van der Waals surface area contributed by atoms with E-state index in [0.717, 1.165) is 4.47 Å². The number of hydrogen-bond acceptors (Lipinski definition) is 3. The Labute approximate surface area is 83.7 Å². The standard InChI is InChI=1S/C8H8BrNO3/c9-6-3-7(5-10-4-6)13-2-1-8(11)12/h3-5H,1-2H2,(H,11,12). The Morgan fingerprint density at radius 2 is 2.38 bits per heavy atom. The van der Waals surface area contributed by atoms with Gasteiger partial charge in [-0.05, 0) is 22.0 Å². The van der Waals surface area contributed by atoms with Gasteiger partial charge < -0.3 is 9.84 Å². The van der Waals surface area contributed by atoms with Crippen LogP contribution in [-0.4, -0.2) is 22.7 Å². The summed E-state index contributed by atoms with van der Waals surface area (Å²) in [5, 5.41) is 8.34. The van der Waals surface area contributed by atoms with Gasteiger partial charge in [-0.2, -0.15) is 0 Å². The van der Waals surface area contributed by atoms with Crippen molar-refractivity contribution in [2.45, 2.75) is 6.42 Å². The molecule has 1 aromatic heterocycles. The molecule has 0 aliphatic heterocycles. The molecule has 1 aromatic rings. The molecule has 0 aliphatic rings. The molecule has 0 spiro atoms. The third-order valence-electron chi connectivity index (χ3n) is 1.26. The summed E-state index contributed by atoms with van der Waals surface area (Å²) in [6.45, 7) is 0.160. The maximum Gasteiger partial charge on any atom is 0.306 e. The van der Waals surface area contributed by atoms with E-state index in [1.54, 1.807) is 12.3 Å². The molecule has 1 N–H and O–H groups in total. The van der Waals surface area contributed by atoms with Crippen molar-refractivity contribution in [2.24, 2.45) is 0 Å². The van der Waals surface area contributed by atoms with Crippen molar-refractivity contribution >= 4 is 21.9 Å². The van der Waals surface area contributed by atoms with Gasteiger partial charge >= 0.3 is 5.97 Å². The lowest BCUT2D eigenvalue weighted by Crippen LogP contribution is -2.04. The van der Waals surface area contributed by atoms with Crippen LogP contribution < -0.4 is 4.74 Å². The summed E-state index contributed by atoms with van der Waals surface area (Å²) in [5.41, 5.74) is 0. The van der Waals surface area contributed by atoms with Gasteiger partial charge in [0.2, 0.25) is 0 Å². The first-order chi connectivity index (χ1) is 6.18. The lowest BCUT2D eigenvalue weighted by molar-refractivity contribution is -0.137. The maximum atomic E-state index is 10.2. The van der Waals surface area contributed by atoms with Gasteiger partial charge in [-0.3, -0.25) is 9.78 Å². The summed E-state index contributed by atoms with van der Waals surface area (Å²) in [6.07, 6.45) is 3.16. The molecule has 4 nitrogen and oxygen atoms in total. The first-order valence-corrected chi connectivity index (χ1v) is 4.43. The lowest BCUT2D eigenvalue weighted by atomic mass is 10.4. The van der Waals surface area contributed by atoms with Crippen LogP contribution in [0, 0.1) is 0 Å². The zero-order chi connectivity index (χ0) is 9.68. The number of aromatic nitrogens is 1. The summed E-state index contributed by atoms with van der Waals surface area (Å²) < 4.78 is 5.93. The molecule has 0 saturated heterocycles. The van der Waals surface area contributed by atoms with Crippen LogP contribution in [0.3, 0.4) is 0 Å². The average Bonchev–Trinajstić information content (AvgIpc) is 2.03. The van der Waals surface area contributed by atoms with Crippen LogP contribution in [0.25, 0.3) is 0 Å². The van der Waals surface area contributed by atoms with Gasteiger partial charge in [-0.15, -0.1) is 0 Å². The minimum atomic E-state index is -0.872. The Morgan fingerprint density at radius 1 is 1.62 bits per heavy atom. The highest BCUT2D eigenvalue weighted by molar-refractivity contribution is 9.10. The highest BCUT2D eigenvalue weighted by Crippen LogP contribution is 2.15. The fourth-order valence-corrected chi connectivity index (χ4v) is 1.07. The Morgan fingerprint density at radius 3 is 3.00 bits per heavy atom. The number of nitrogens with zero attached hydrogens (tertiary/aromatic N) is 1. The highest BCUT2D eigenvalue weighted by Gasteiger charge is 1.98. The topological polar surface area (TPSA) is 59.4 Å². The predicted molar refractivity (Wildman–Crippen MR) is 49.7 cm³/mol. The van der Waals surface area contributed by atoms with Gasteiger partial charge in [0, 0.05) is 10.7 Å². The summed E-state index contributed by atoms with van der Waals surface area (Å²) >= 11 is 3.22. The Bertz CT molecular complexity index is 303. The molecule has 1 heterocycles. The van der Waals surface area contributed by atoms with E-state index in [1.165, 1.54) is 6.20 Å². The van der Waals surface area contributed by atoms with Crippen LogP contribution in [-0.2, 0) is 4.79 Å². The molecule has 0 atom stereocenters. The number of aliphatic carboxylic acids is 1. The molecule has 0 amide bonds. The molecular weight excluding hydrogens is 238 g/mol. The summed E-state index contributed by atoms with van der Waals surface area (Å²) in [5.74, 6) is -0.307. The third kappa shape index (κ3) is 3.89. The quantitative estimate of drug-likeness (QED) is 0.878. The van der Waals surface area contributed by atoms with Crippen LogP contribution in [0.15, 0.2) is 22.9 Å². The van der Waals surface area contributed by atoms with Gasteiger partial charge in [0.25, 0.3) is 0 Å². The van der Waals surface area contributed by atoms with E-state index in [0.29, 0.717) is 5.75 Å². The van der Waals surface area contributed by atoms with Gasteiger partial charge in [-0.1, -0.05) is 0 Å². The van der Waals surface area contributed by atoms with Gasteiger partial charge in [0.15, 0.2) is 0 Å². The highest BCUT2D eigenvalue weighted by atomic mass is 79.9. The molecule has 0 radical (unpaired) electrons. The Balaban J connectivity index is 2.41. The summed E-state index contributed by atoms with van der Waals surface area (Å²) in [4.78, 5) is 14.0. The number of carboxylic acid groups (broad SMARTS) is 1. The van der Waals surface area contributed by atoms with Gasteiger partial charge in [0.1, 0.15) is 5.75 Å². The molecule has 0 aromatic carbocycles. The number of rotatable bonds is 4. The maximum absolute atomic E-state index is 10.2. The fourth-order valence-electron chi connectivity index (χ4n) is 0.727. The number of ether oxygens (including phenoxy) is 1. The molecule has 0 fully saturated rings. The number of pyridine rings is 1. The van der Waals surface area contributed by atoms with E-state index in [1.807, 2.05) is 0 Å². The van der Waals surface area contributed by atoms with Crippen LogP contribution in [0.1, 0.15) is 6.42 Å². The average molecular weight is 246 g/mol. The smallest absolute Gasteiger partial charge is 0.306 e. The molecule has 0 saturated carbocycles. The van der Waals surface area contributed by atoms with Gasteiger partial charge in [0.05, 0.1) is 19.2 Å². The van der Waals surface area contributed by atoms with E-state index in [4.69, 9.17) is 9.84 Å². The van der Waals surface area contributed by atoms with Crippen molar-refractivity contribution in [1.29, 1.82) is 0 Å². The molecule has 0 unspecified atom stereocenters. The second-order valence-corrected chi connectivity index (χ2v) is 3.25. The summed E-state index contributed by atoms with van der Waals surface area (Å²) in [6, 6.07) is 1.73. The number of hydrogen-bond donors (Lipinski definition) is 1. The van der Waals surface area contributed by atoms with Crippen LogP contribution in [0.5, 0.6) is 5.75 Å². The minimum Gasteiger partial charge on any atom is -0.491 e. The zero-order valence-electron chi connectivity index (χ0n) is 6.74. The van der Waals surface area contributed by atoms with E-state index in [-0.39, 0.29) is 13.0 Å². The molecule has 13 heavy (non-hydrogen) atoms. The Hall–Kier alpha value is -1.10. The predicted octanol–water partition coefficient (Wildman–Crippen LogP) is 1.70. The van der Waals surface area contributed by atoms with Crippen LogP contribution >= 0.6 is 15.9 Å². The molecule has 70 valence electrons. The Kier molecular flexibility index (Phi) is 3.70. The van der Waals surface area contributed by atoms with Crippen molar-refractivity contribution in [3.8, 4) is 5.75 Å². The zero-order valence-corrected chi connectivity index (χ0v) is 8.32. The number of halogens is 1. The number of carboxylic acids is 1. The SMILES string of the molecule is O=C(O)CCOc1cncc(Br)c1. The van der Waals surface area contributed by atoms with Crippen LogP contribution in [0.4, 0.5) is 0 Å². The second kappa shape index (κ2) is 4.81. The minimum absolute atomic E-state index is 0.00743. The summed E-state index contributed by atoms with van der Waals surface area (Å²) in [7, 11) is 0. The molecular formula is C8H8BrNO3. The monoisotopic (exact) mass is 245 g/mol. The fraction of sp³-hybridized carbons (Fsp3) is 0.250. The van der Waals surface area contributed by atoms with Crippen molar-refractivity contribution in [3.05, 3.63) is 22.9 Å². The van der Waals surface area contributed by atoms with E-state index < -0.39 is 5.97 Å². The molecule has 1 rings (SSSR count). The van der Waals surface area contributed by atoms with Crippen molar-refractivity contribution in [3.63, 3.8) is 0 Å². The van der Waals surface area contributed by atoms with Crippen molar-refractivity contribution < 1.29 is 14.6 Å². The number of carbonyl (C=O) groups is 1. The molecule has 0 aliphatic carbocycles. The first kappa shape index (κ1) is 9.98. The molecule has 0 bridgehead atoms. The van der Waals surface area contributed by atoms with E-state index in [9.17, 15) is 4.79 Å².